The Bertz CT molecular complexity index is 1140. The third kappa shape index (κ3) is 4.26. The Labute approximate surface area is 180 Å². The highest BCUT2D eigenvalue weighted by molar-refractivity contribution is 8.00. The van der Waals surface area contributed by atoms with Crippen LogP contribution in [0.4, 0.5) is 5.69 Å². The minimum Gasteiger partial charge on any atom is -0.326 e. The van der Waals surface area contributed by atoms with Crippen molar-refractivity contribution >= 4 is 51.1 Å². The minimum atomic E-state index is 0.0406. The van der Waals surface area contributed by atoms with E-state index in [-0.39, 0.29) is 11.8 Å². The van der Waals surface area contributed by atoms with Crippen molar-refractivity contribution in [2.45, 2.75) is 31.1 Å². The van der Waals surface area contributed by atoms with Crippen LogP contribution in [-0.2, 0) is 4.79 Å². The van der Waals surface area contributed by atoms with Crippen LogP contribution in [0.25, 0.3) is 21.8 Å². The zero-order chi connectivity index (χ0) is 20.9. The van der Waals surface area contributed by atoms with Crippen molar-refractivity contribution in [2.75, 3.05) is 11.1 Å². The molecule has 0 bridgehead atoms. The Morgan fingerprint density at radius 1 is 0.867 bits per heavy atom. The lowest BCUT2D eigenvalue weighted by Crippen LogP contribution is -2.12. The van der Waals surface area contributed by atoms with Crippen molar-refractivity contribution in [2.24, 2.45) is 0 Å². The summed E-state index contributed by atoms with van der Waals surface area (Å²) in [5.41, 5.74) is 2.66. The first-order valence-electron chi connectivity index (χ1n) is 10.2. The van der Waals surface area contributed by atoms with Crippen LogP contribution >= 0.6 is 11.8 Å². The number of aromatic nitrogens is 1. The number of hydrogen-bond acceptors (Lipinski definition) is 3. The van der Waals surface area contributed by atoms with Gasteiger partial charge in [0.25, 0.3) is 0 Å². The van der Waals surface area contributed by atoms with Crippen molar-refractivity contribution in [1.82, 2.24) is 4.57 Å². The molecule has 152 valence electrons. The number of hydrogen-bond donors (Lipinski definition) is 1. The molecular weight excluding hydrogens is 392 g/mol. The summed E-state index contributed by atoms with van der Waals surface area (Å²) in [5.74, 6) is 0.429. The summed E-state index contributed by atoms with van der Waals surface area (Å²) in [6.07, 6.45) is 2.44. The molecule has 5 heteroatoms. The fraction of sp³-hybridized carbons (Fsp3) is 0.200. The number of rotatable bonds is 7. The Balaban J connectivity index is 1.47. The molecule has 1 amide bonds. The highest BCUT2D eigenvalue weighted by atomic mass is 32.2. The van der Waals surface area contributed by atoms with Crippen LogP contribution in [0.3, 0.4) is 0 Å². The van der Waals surface area contributed by atoms with Gasteiger partial charge in [0, 0.05) is 27.8 Å². The first kappa shape index (κ1) is 20.2. The zero-order valence-corrected chi connectivity index (χ0v) is 17.7. The normalized spacial score (nSPS) is 11.1. The van der Waals surface area contributed by atoms with Crippen LogP contribution in [0, 0.1) is 0 Å². The number of amides is 1. The molecule has 0 radical (unpaired) electrons. The maximum absolute atomic E-state index is 13.1. The number of carbonyl (C=O) groups excluding carboxylic acids is 2. The van der Waals surface area contributed by atoms with Crippen LogP contribution in [-0.4, -0.2) is 22.1 Å². The molecule has 0 saturated heterocycles. The van der Waals surface area contributed by atoms with E-state index in [0.29, 0.717) is 12.2 Å². The number of nitrogens with one attached hydrogen (secondary N) is 1. The number of fused-ring (bicyclic) bond motifs is 3. The summed E-state index contributed by atoms with van der Waals surface area (Å²) in [7, 11) is 0. The standard InChI is InChI=1S/C25H24N2O2S/c1-2-3-12-24(28)26-18-13-15-19(16-14-18)30-17-25(29)27-22-10-6-4-8-20(22)21-9-5-7-11-23(21)27/h4-11,13-16H,2-3,12,17H2,1H3,(H,26,28). The lowest BCUT2D eigenvalue weighted by molar-refractivity contribution is -0.116. The fourth-order valence-corrected chi connectivity index (χ4v) is 4.34. The molecule has 4 aromatic rings. The third-order valence-corrected chi connectivity index (χ3v) is 6.08. The van der Waals surface area contributed by atoms with Crippen LogP contribution in [0.5, 0.6) is 0 Å². The van der Waals surface area contributed by atoms with Crippen molar-refractivity contribution < 1.29 is 9.59 Å². The van der Waals surface area contributed by atoms with Gasteiger partial charge in [0.05, 0.1) is 16.8 Å². The van der Waals surface area contributed by atoms with Crippen LogP contribution in [0.15, 0.2) is 77.7 Å². The van der Waals surface area contributed by atoms with Crippen molar-refractivity contribution in [3.8, 4) is 0 Å². The number of anilines is 1. The molecule has 0 atom stereocenters. The van der Waals surface area contributed by atoms with Gasteiger partial charge >= 0.3 is 0 Å². The molecule has 4 nitrogen and oxygen atoms in total. The molecule has 0 saturated carbocycles. The van der Waals surface area contributed by atoms with Gasteiger partial charge in [-0.05, 0) is 42.8 Å². The lowest BCUT2D eigenvalue weighted by atomic mass is 10.2. The highest BCUT2D eigenvalue weighted by Crippen LogP contribution is 2.29. The fourth-order valence-electron chi connectivity index (χ4n) is 3.60. The molecule has 0 spiro atoms. The van der Waals surface area contributed by atoms with E-state index in [1.165, 1.54) is 11.8 Å². The van der Waals surface area contributed by atoms with Crippen LogP contribution in [0.1, 0.15) is 31.0 Å². The molecule has 0 unspecified atom stereocenters. The van der Waals surface area contributed by atoms with Gasteiger partial charge in [-0.3, -0.25) is 14.2 Å². The first-order valence-corrected chi connectivity index (χ1v) is 11.2. The van der Waals surface area contributed by atoms with Gasteiger partial charge in [-0.15, -0.1) is 11.8 Å². The van der Waals surface area contributed by atoms with E-state index in [2.05, 4.69) is 24.4 Å². The van der Waals surface area contributed by atoms with Gasteiger partial charge < -0.3 is 5.32 Å². The minimum absolute atomic E-state index is 0.0406. The second-order valence-electron chi connectivity index (χ2n) is 7.23. The zero-order valence-electron chi connectivity index (χ0n) is 16.9. The van der Waals surface area contributed by atoms with Crippen molar-refractivity contribution in [1.29, 1.82) is 0 Å². The maximum atomic E-state index is 13.1. The average molecular weight is 417 g/mol. The molecular formula is C25H24N2O2S. The van der Waals surface area contributed by atoms with Gasteiger partial charge in [-0.2, -0.15) is 0 Å². The second-order valence-corrected chi connectivity index (χ2v) is 8.28. The molecule has 1 N–H and O–H groups in total. The van der Waals surface area contributed by atoms with Gasteiger partial charge in [0.2, 0.25) is 11.8 Å². The SMILES string of the molecule is CCCCC(=O)Nc1ccc(SCC(=O)n2c3ccccc3c3ccccc32)cc1. The maximum Gasteiger partial charge on any atom is 0.241 e. The van der Waals surface area contributed by atoms with Gasteiger partial charge in [0.15, 0.2) is 0 Å². The number of unbranched alkanes of at least 4 members (excludes halogenated alkanes) is 1. The van der Waals surface area contributed by atoms with E-state index in [4.69, 9.17) is 0 Å². The van der Waals surface area contributed by atoms with E-state index in [1.807, 2.05) is 65.2 Å². The lowest BCUT2D eigenvalue weighted by Gasteiger charge is -2.08. The van der Waals surface area contributed by atoms with E-state index >= 15 is 0 Å². The first-order chi connectivity index (χ1) is 14.7. The molecule has 0 aliphatic rings. The van der Waals surface area contributed by atoms with Crippen LogP contribution in [0.2, 0.25) is 0 Å². The molecule has 4 rings (SSSR count). The van der Waals surface area contributed by atoms with E-state index in [9.17, 15) is 9.59 Å². The molecule has 30 heavy (non-hydrogen) atoms. The smallest absolute Gasteiger partial charge is 0.241 e. The summed E-state index contributed by atoms with van der Waals surface area (Å²) in [6.45, 7) is 2.07. The Morgan fingerprint density at radius 2 is 1.47 bits per heavy atom. The van der Waals surface area contributed by atoms with E-state index < -0.39 is 0 Å². The number of nitrogens with zero attached hydrogens (tertiary/aromatic N) is 1. The monoisotopic (exact) mass is 416 g/mol. The van der Waals surface area contributed by atoms with Crippen molar-refractivity contribution in [3.63, 3.8) is 0 Å². The third-order valence-electron chi connectivity index (χ3n) is 5.09. The quantitative estimate of drug-likeness (QED) is 0.357. The molecule has 1 heterocycles. The van der Waals surface area contributed by atoms with Crippen molar-refractivity contribution in [3.05, 3.63) is 72.8 Å². The van der Waals surface area contributed by atoms with E-state index in [1.54, 1.807) is 0 Å². The van der Waals surface area contributed by atoms with E-state index in [0.717, 1.165) is 45.2 Å². The number of benzene rings is 3. The second kappa shape index (κ2) is 9.18. The van der Waals surface area contributed by atoms with Gasteiger partial charge in [0.1, 0.15) is 0 Å². The summed E-state index contributed by atoms with van der Waals surface area (Å²) < 4.78 is 1.82. The molecule has 0 aliphatic carbocycles. The summed E-state index contributed by atoms with van der Waals surface area (Å²) in [6, 6.07) is 23.7. The summed E-state index contributed by atoms with van der Waals surface area (Å²) >= 11 is 1.50. The van der Waals surface area contributed by atoms with Gasteiger partial charge in [-0.25, -0.2) is 0 Å². The molecule has 1 aromatic heterocycles. The number of para-hydroxylation sites is 2. The molecule has 0 fully saturated rings. The summed E-state index contributed by atoms with van der Waals surface area (Å²) in [4.78, 5) is 26.0. The average Bonchev–Trinajstić information content (AvgIpc) is 3.11. The molecule has 0 aliphatic heterocycles. The Kier molecular flexibility index (Phi) is 6.19. The van der Waals surface area contributed by atoms with Gasteiger partial charge in [-0.1, -0.05) is 49.7 Å². The summed E-state index contributed by atoms with van der Waals surface area (Å²) in [5, 5.41) is 5.10. The number of carbonyl (C=O) groups is 2. The largest absolute Gasteiger partial charge is 0.326 e. The Morgan fingerprint density at radius 3 is 2.07 bits per heavy atom. The van der Waals surface area contributed by atoms with Crippen LogP contribution < -0.4 is 5.32 Å². The predicted molar refractivity (Wildman–Crippen MR) is 125 cm³/mol. The topological polar surface area (TPSA) is 51.1 Å². The highest BCUT2D eigenvalue weighted by Gasteiger charge is 2.15. The number of thioether (sulfide) groups is 1. The predicted octanol–water partition coefficient (Wildman–Crippen LogP) is 6.36. The Hall–Kier alpha value is -3.05. The molecule has 3 aromatic carbocycles.